The lowest BCUT2D eigenvalue weighted by Gasteiger charge is -2.11. The minimum absolute atomic E-state index is 0.159. The van der Waals surface area contributed by atoms with Crippen molar-refractivity contribution in [2.24, 2.45) is 5.73 Å². The van der Waals surface area contributed by atoms with E-state index in [1.807, 2.05) is 30.3 Å². The molecular weight excluding hydrogens is 228 g/mol. The molecule has 5 nitrogen and oxygen atoms in total. The summed E-state index contributed by atoms with van der Waals surface area (Å²) in [6.45, 7) is 0.496. The highest BCUT2D eigenvalue weighted by molar-refractivity contribution is 5.81. The number of nitrogens with two attached hydrogens (primary N) is 1. The first-order chi connectivity index (χ1) is 8.75. The molecule has 1 amide bonds. The summed E-state index contributed by atoms with van der Waals surface area (Å²) in [4.78, 5) is 18.6. The van der Waals surface area contributed by atoms with Crippen molar-refractivity contribution in [3.8, 4) is 0 Å². The Balaban J connectivity index is 1.81. The molecule has 1 heterocycles. The summed E-state index contributed by atoms with van der Waals surface area (Å²) in [5.41, 5.74) is 7.73. The Kier molecular flexibility index (Phi) is 4.09. The number of amides is 1. The van der Waals surface area contributed by atoms with Crippen molar-refractivity contribution in [1.82, 2.24) is 15.3 Å². The molecule has 0 unspecified atom stereocenters. The average molecular weight is 244 g/mol. The number of benzene rings is 1. The molecule has 2 rings (SSSR count). The average Bonchev–Trinajstić information content (AvgIpc) is 2.90. The summed E-state index contributed by atoms with van der Waals surface area (Å²) in [5.74, 6) is -0.159. The molecule has 1 aromatic carbocycles. The van der Waals surface area contributed by atoms with E-state index >= 15 is 0 Å². The van der Waals surface area contributed by atoms with E-state index in [9.17, 15) is 4.79 Å². The maximum Gasteiger partial charge on any atom is 0.237 e. The van der Waals surface area contributed by atoms with Crippen LogP contribution in [-0.4, -0.2) is 21.9 Å². The highest BCUT2D eigenvalue weighted by Gasteiger charge is 2.14. The second-order valence-corrected chi connectivity index (χ2v) is 4.09. The maximum atomic E-state index is 11.8. The van der Waals surface area contributed by atoms with Crippen molar-refractivity contribution in [3.05, 3.63) is 54.1 Å². The molecule has 0 saturated carbocycles. The van der Waals surface area contributed by atoms with Gasteiger partial charge >= 0.3 is 0 Å². The number of nitrogens with zero attached hydrogens (tertiary/aromatic N) is 1. The predicted octanol–water partition coefficient (Wildman–Crippen LogP) is 0.596. The summed E-state index contributed by atoms with van der Waals surface area (Å²) >= 11 is 0. The summed E-state index contributed by atoms with van der Waals surface area (Å²) in [6, 6.07) is 9.17. The fourth-order valence-corrected chi connectivity index (χ4v) is 1.64. The first-order valence-corrected chi connectivity index (χ1v) is 5.80. The second kappa shape index (κ2) is 5.97. The highest BCUT2D eigenvalue weighted by atomic mass is 16.2. The van der Waals surface area contributed by atoms with Gasteiger partial charge in [-0.3, -0.25) is 4.79 Å². The number of carbonyl (C=O) groups is 1. The van der Waals surface area contributed by atoms with Gasteiger partial charge in [-0.25, -0.2) is 4.98 Å². The number of nitrogens with one attached hydrogen (secondary N) is 2. The van der Waals surface area contributed by atoms with E-state index in [1.54, 1.807) is 12.5 Å². The van der Waals surface area contributed by atoms with Crippen LogP contribution < -0.4 is 11.1 Å². The molecule has 1 aromatic heterocycles. The minimum Gasteiger partial charge on any atom is -0.351 e. The summed E-state index contributed by atoms with van der Waals surface area (Å²) in [5, 5.41) is 2.81. The number of aromatic amines is 1. The van der Waals surface area contributed by atoms with Gasteiger partial charge in [0.2, 0.25) is 5.91 Å². The second-order valence-electron chi connectivity index (χ2n) is 4.09. The van der Waals surface area contributed by atoms with Gasteiger partial charge in [0, 0.05) is 24.9 Å². The van der Waals surface area contributed by atoms with E-state index in [0.29, 0.717) is 13.0 Å². The van der Waals surface area contributed by atoms with Gasteiger partial charge in [-0.15, -0.1) is 0 Å². The van der Waals surface area contributed by atoms with E-state index in [2.05, 4.69) is 15.3 Å². The standard InChI is InChI=1S/C13H16N4O/c14-12(6-11-8-15-9-17-11)13(18)16-7-10-4-2-1-3-5-10/h1-5,8-9,12H,6-7,14H2,(H,15,17)(H,16,18)/t12-/m0/s1. The molecule has 18 heavy (non-hydrogen) atoms. The van der Waals surface area contributed by atoms with Gasteiger partial charge in [-0.1, -0.05) is 30.3 Å². The number of aromatic nitrogens is 2. The van der Waals surface area contributed by atoms with Gasteiger partial charge in [0.05, 0.1) is 12.4 Å². The Bertz CT molecular complexity index is 481. The van der Waals surface area contributed by atoms with Crippen molar-refractivity contribution < 1.29 is 4.79 Å². The summed E-state index contributed by atoms with van der Waals surface area (Å²) in [6.07, 6.45) is 3.70. The molecule has 0 spiro atoms. The summed E-state index contributed by atoms with van der Waals surface area (Å²) < 4.78 is 0. The van der Waals surface area contributed by atoms with E-state index in [4.69, 9.17) is 5.73 Å². The molecule has 0 aliphatic rings. The first kappa shape index (κ1) is 12.3. The topological polar surface area (TPSA) is 83.8 Å². The van der Waals surface area contributed by atoms with Crippen LogP contribution in [0.1, 0.15) is 11.3 Å². The van der Waals surface area contributed by atoms with E-state index < -0.39 is 6.04 Å². The minimum atomic E-state index is -0.561. The number of hydrogen-bond donors (Lipinski definition) is 3. The Labute approximate surface area is 105 Å². The Morgan fingerprint density at radius 3 is 2.83 bits per heavy atom. The number of H-pyrrole nitrogens is 1. The van der Waals surface area contributed by atoms with Crippen LogP contribution in [0.2, 0.25) is 0 Å². The van der Waals surface area contributed by atoms with E-state index in [-0.39, 0.29) is 5.91 Å². The third kappa shape index (κ3) is 3.43. The van der Waals surface area contributed by atoms with Crippen LogP contribution >= 0.6 is 0 Å². The molecule has 0 aliphatic heterocycles. The Hall–Kier alpha value is -2.14. The zero-order chi connectivity index (χ0) is 12.8. The fourth-order valence-electron chi connectivity index (χ4n) is 1.64. The van der Waals surface area contributed by atoms with Gasteiger partial charge in [-0.2, -0.15) is 0 Å². The maximum absolute atomic E-state index is 11.8. The normalized spacial score (nSPS) is 12.1. The molecule has 2 aromatic rings. The molecule has 0 saturated heterocycles. The van der Waals surface area contributed by atoms with Crippen LogP contribution in [0.5, 0.6) is 0 Å². The smallest absolute Gasteiger partial charge is 0.237 e. The molecule has 94 valence electrons. The van der Waals surface area contributed by atoms with E-state index in [1.165, 1.54) is 0 Å². The number of rotatable bonds is 5. The first-order valence-electron chi connectivity index (χ1n) is 5.80. The van der Waals surface area contributed by atoms with Crippen LogP contribution in [0.4, 0.5) is 0 Å². The van der Waals surface area contributed by atoms with Crippen LogP contribution in [-0.2, 0) is 17.8 Å². The third-order valence-corrected chi connectivity index (χ3v) is 2.64. The van der Waals surface area contributed by atoms with Crippen molar-refractivity contribution in [2.75, 3.05) is 0 Å². The van der Waals surface area contributed by atoms with Crippen LogP contribution in [0.25, 0.3) is 0 Å². The largest absolute Gasteiger partial charge is 0.351 e. The molecule has 5 heteroatoms. The van der Waals surface area contributed by atoms with Crippen molar-refractivity contribution in [3.63, 3.8) is 0 Å². The third-order valence-electron chi connectivity index (χ3n) is 2.64. The monoisotopic (exact) mass is 244 g/mol. The Morgan fingerprint density at radius 1 is 1.39 bits per heavy atom. The van der Waals surface area contributed by atoms with Gasteiger partial charge < -0.3 is 16.0 Å². The van der Waals surface area contributed by atoms with Gasteiger partial charge in [0.1, 0.15) is 0 Å². The molecular formula is C13H16N4O. The molecule has 0 aliphatic carbocycles. The number of imidazole rings is 1. The zero-order valence-electron chi connectivity index (χ0n) is 9.97. The van der Waals surface area contributed by atoms with Gasteiger partial charge in [0.25, 0.3) is 0 Å². The lowest BCUT2D eigenvalue weighted by atomic mass is 10.1. The number of hydrogen-bond acceptors (Lipinski definition) is 3. The highest BCUT2D eigenvalue weighted by Crippen LogP contribution is 1.99. The number of carbonyl (C=O) groups excluding carboxylic acids is 1. The quantitative estimate of drug-likeness (QED) is 0.720. The molecule has 4 N–H and O–H groups in total. The van der Waals surface area contributed by atoms with Crippen LogP contribution in [0, 0.1) is 0 Å². The SMILES string of the molecule is N[C@@H](Cc1cnc[nH]1)C(=O)NCc1ccccc1. The van der Waals surface area contributed by atoms with Crippen LogP contribution in [0.15, 0.2) is 42.9 Å². The van der Waals surface area contributed by atoms with Gasteiger partial charge in [-0.05, 0) is 5.56 Å². The van der Waals surface area contributed by atoms with Crippen LogP contribution in [0.3, 0.4) is 0 Å². The Morgan fingerprint density at radius 2 is 2.17 bits per heavy atom. The lowest BCUT2D eigenvalue weighted by Crippen LogP contribution is -2.41. The van der Waals surface area contributed by atoms with Crippen molar-refractivity contribution in [2.45, 2.75) is 19.0 Å². The van der Waals surface area contributed by atoms with Crippen molar-refractivity contribution in [1.29, 1.82) is 0 Å². The zero-order valence-corrected chi connectivity index (χ0v) is 9.97. The lowest BCUT2D eigenvalue weighted by molar-refractivity contribution is -0.122. The fraction of sp³-hybridized carbons (Fsp3) is 0.231. The van der Waals surface area contributed by atoms with Crippen molar-refractivity contribution >= 4 is 5.91 Å². The molecule has 0 radical (unpaired) electrons. The van der Waals surface area contributed by atoms with E-state index in [0.717, 1.165) is 11.3 Å². The predicted molar refractivity (Wildman–Crippen MR) is 68.6 cm³/mol. The molecule has 1 atom stereocenters. The summed E-state index contributed by atoms with van der Waals surface area (Å²) in [7, 11) is 0. The molecule has 0 fully saturated rings. The van der Waals surface area contributed by atoms with Gasteiger partial charge in [0.15, 0.2) is 0 Å². The molecule has 0 bridgehead atoms.